The number of hydrogen-bond acceptors (Lipinski definition) is 0. The van der Waals surface area contributed by atoms with Gasteiger partial charge in [0.2, 0.25) is 0 Å². The van der Waals surface area contributed by atoms with Crippen molar-refractivity contribution in [3.63, 3.8) is 0 Å². The van der Waals surface area contributed by atoms with Crippen LogP contribution in [0, 0.1) is 0 Å². The van der Waals surface area contributed by atoms with Crippen LogP contribution in [0.4, 0.5) is 0 Å². The van der Waals surface area contributed by atoms with Gasteiger partial charge in [-0.3, -0.25) is 0 Å². The Kier molecular flexibility index (Phi) is 173000. The maximum absolute atomic E-state index is 0. The normalized spacial score (nSPS) is 0. The Balaban J connectivity index is 0. The fourth-order valence-corrected chi connectivity index (χ4v) is 0. The molecular weight excluding hydrogens is 434 g/mol. The Morgan fingerprint density at radius 3 is 0.333 bits per heavy atom. The Hall–Kier alpha value is 1.08. The monoisotopic (exact) mass is 444 g/mol. The molecule has 0 aromatic heterocycles. The van der Waals surface area contributed by atoms with E-state index in [9.17, 15) is 0 Å². The minimum atomic E-state index is 0. The summed E-state index contributed by atoms with van der Waals surface area (Å²) in [7, 11) is 0. The maximum Gasteiger partial charge on any atom is 5.00 e. The van der Waals surface area contributed by atoms with Gasteiger partial charge in [0.15, 0.2) is 0 Å². The summed E-state index contributed by atoms with van der Waals surface area (Å²) in [5.41, 5.74) is 0. The molecule has 10 N–H and O–H groups in total. The van der Waals surface area contributed by atoms with Crippen LogP contribution in [0.3, 0.4) is 0 Å². The second-order valence-corrected chi connectivity index (χ2v) is 0. The average Bonchev–Trinajstić information content (AvgIpc) is 0. The first-order valence-electron chi connectivity index (χ1n) is 0. The fourth-order valence-electron chi connectivity index (χ4n) is 0. The second kappa shape index (κ2) is 1270. The third-order valence-corrected chi connectivity index (χ3v) is 0. The zero-order valence-corrected chi connectivity index (χ0v) is 10.8. The van der Waals surface area contributed by atoms with Crippen LogP contribution in [0.2, 0.25) is 0 Å². The van der Waals surface area contributed by atoms with E-state index < -0.39 is 0 Å². The topological polar surface area (TPSA) is 300 Å². The Morgan fingerprint density at radius 2 is 0.333 bits per heavy atom. The molecule has 0 saturated carbocycles. The molecule has 0 aliphatic carbocycles. The van der Waals surface area contributed by atoms with E-state index >= 15 is 0 Å². The van der Waals surface area contributed by atoms with Crippen LogP contribution in [-0.2, 0) is 72.1 Å². The van der Waals surface area contributed by atoms with Crippen LogP contribution >= 0.6 is 0 Å². The molecule has 0 rings (SSSR count). The van der Waals surface area contributed by atoms with Gasteiger partial charge in [-0.1, -0.05) is 0 Å². The van der Waals surface area contributed by atoms with Gasteiger partial charge in [-0.05, 0) is 0 Å². The van der Waals surface area contributed by atoms with Gasteiger partial charge >= 0.3 is 44.8 Å². The number of rotatable bonds is 0. The van der Waals surface area contributed by atoms with E-state index in [0.29, 0.717) is 0 Å². The first kappa shape index (κ1) is 1640. The van der Waals surface area contributed by atoms with Gasteiger partial charge in [-0.25, -0.2) is 0 Å². The Morgan fingerprint density at radius 1 is 0.333 bits per heavy atom. The van der Waals surface area contributed by atoms with Gasteiger partial charge < -0.3 is 54.8 Å². The van der Waals surface area contributed by atoms with Crippen molar-refractivity contribution in [2.75, 3.05) is 0 Å². The molecule has 0 fully saturated rings. The van der Waals surface area contributed by atoms with Crippen molar-refractivity contribution < 1.29 is 99.5 Å². The molecule has 12 heavy (non-hydrogen) atoms. The van der Waals surface area contributed by atoms with Crippen LogP contribution in [-0.4, -0.2) is 27.4 Å². The number of hydrogen-bond donors (Lipinski definition) is 0. The molecule has 80 valence electrons. The molecule has 12 heteroatoms. The molecule has 0 heterocycles. The molecule has 0 amide bonds. The van der Waals surface area contributed by atoms with E-state index in [0.717, 1.165) is 0 Å². The molecule has 0 bridgehead atoms. The third kappa shape index (κ3) is 964. The largest absolute Gasteiger partial charge is 5.00 e. The molecule has 0 spiro atoms. The van der Waals surface area contributed by atoms with Crippen LogP contribution < -0.4 is 0 Å². The third-order valence-electron chi connectivity index (χ3n) is 0. The molecule has 0 aliphatic rings. The summed E-state index contributed by atoms with van der Waals surface area (Å²) in [5, 5.41) is 0. The summed E-state index contributed by atoms with van der Waals surface area (Å²) < 4.78 is 0. The van der Waals surface area contributed by atoms with Crippen molar-refractivity contribution in [3.8, 4) is 0 Å². The maximum atomic E-state index is 0. The van der Waals surface area contributed by atoms with Gasteiger partial charge in [-0.2, -0.15) is 0 Å². The van der Waals surface area contributed by atoms with Crippen molar-refractivity contribution in [3.05, 3.63) is 0 Å². The van der Waals surface area contributed by atoms with Crippen molar-refractivity contribution in [2.24, 2.45) is 0 Å². The predicted molar refractivity (Wildman–Crippen MR) is 21.5 cm³/mol. The SMILES string of the molecule is O.O.O.O.O.[Nb+5].[O-2].[O-2].[O-2].[O-2].[O-2].[Ta+5]. The van der Waals surface area contributed by atoms with E-state index in [1.54, 1.807) is 0 Å². The van der Waals surface area contributed by atoms with Gasteiger partial charge in [0.1, 0.15) is 0 Å². The molecule has 0 unspecified atom stereocenters. The summed E-state index contributed by atoms with van der Waals surface area (Å²) in [4.78, 5) is 0. The van der Waals surface area contributed by atoms with E-state index in [1.165, 1.54) is 0 Å². The molecule has 0 aromatic rings. The van der Waals surface area contributed by atoms with Crippen LogP contribution in [0.25, 0.3) is 0 Å². The molecule has 0 aromatic carbocycles. The Labute approximate surface area is 99.4 Å². The van der Waals surface area contributed by atoms with E-state index in [-0.39, 0.29) is 99.5 Å². The molecular formula is H10NbO10Ta. The minimum absolute atomic E-state index is 0. The minimum Gasteiger partial charge on any atom is -2.00 e. The fraction of sp³-hybridized carbons (Fsp3) is 0. The van der Waals surface area contributed by atoms with E-state index in [1.807, 2.05) is 0 Å². The van der Waals surface area contributed by atoms with Crippen molar-refractivity contribution >= 4 is 0 Å². The quantitative estimate of drug-likeness (QED) is 0.318. The summed E-state index contributed by atoms with van der Waals surface area (Å²) in [5.74, 6) is 0. The van der Waals surface area contributed by atoms with Crippen LogP contribution in [0.15, 0.2) is 0 Å². The molecule has 0 saturated heterocycles. The Bertz CT molecular complexity index is 9.80. The van der Waals surface area contributed by atoms with Crippen LogP contribution in [0.5, 0.6) is 0 Å². The first-order chi connectivity index (χ1) is 0. The van der Waals surface area contributed by atoms with Crippen LogP contribution in [0.1, 0.15) is 0 Å². The summed E-state index contributed by atoms with van der Waals surface area (Å²) in [6.45, 7) is 0. The molecule has 0 aliphatic heterocycles. The van der Waals surface area contributed by atoms with E-state index in [2.05, 4.69) is 0 Å². The smallest absolute Gasteiger partial charge is 2.00 e. The summed E-state index contributed by atoms with van der Waals surface area (Å²) in [6.07, 6.45) is 0. The van der Waals surface area contributed by atoms with Crippen molar-refractivity contribution in [2.45, 2.75) is 0 Å². The molecule has 0 atom stereocenters. The average molecular weight is 444 g/mol. The van der Waals surface area contributed by atoms with Gasteiger partial charge in [0.25, 0.3) is 0 Å². The second-order valence-electron chi connectivity index (χ2n) is 0. The standard InChI is InChI=1S/Nb.5H2O.5O.Ta/h;5*1H2;;;;;;/q+5;;;;;;5*-2;+5. The van der Waals surface area contributed by atoms with E-state index in [4.69, 9.17) is 0 Å². The van der Waals surface area contributed by atoms with Gasteiger partial charge in [-0.15, -0.1) is 0 Å². The zero-order chi connectivity index (χ0) is 0. The predicted octanol–water partition coefficient (Wildman–Crippen LogP) is -4.72. The zero-order valence-electron chi connectivity index (χ0n) is 5.44. The van der Waals surface area contributed by atoms with Crippen molar-refractivity contribution in [1.29, 1.82) is 0 Å². The molecule has 10 nitrogen and oxygen atoms in total. The van der Waals surface area contributed by atoms with Crippen molar-refractivity contribution in [1.82, 2.24) is 0 Å². The summed E-state index contributed by atoms with van der Waals surface area (Å²) in [6, 6.07) is 0. The van der Waals surface area contributed by atoms with Gasteiger partial charge in [0, 0.05) is 0 Å². The van der Waals surface area contributed by atoms with Gasteiger partial charge in [0.05, 0.1) is 0 Å². The molecule has 0 radical (unpaired) electrons. The summed E-state index contributed by atoms with van der Waals surface area (Å²) >= 11 is 0. The first-order valence-corrected chi connectivity index (χ1v) is 0.